The molecule has 0 fully saturated rings. The number of aromatic hydroxyl groups is 1. The highest BCUT2D eigenvalue weighted by Gasteiger charge is 2.33. The van der Waals surface area contributed by atoms with Crippen LogP contribution in [0.5, 0.6) is 17.2 Å². The molecule has 164 valence electrons. The van der Waals surface area contributed by atoms with Gasteiger partial charge in [0.15, 0.2) is 17.7 Å². The van der Waals surface area contributed by atoms with E-state index in [-0.39, 0.29) is 29.2 Å². The van der Waals surface area contributed by atoms with Gasteiger partial charge in [0.25, 0.3) is 5.56 Å². The van der Waals surface area contributed by atoms with Crippen molar-refractivity contribution in [3.05, 3.63) is 32.9 Å². The highest BCUT2D eigenvalue weighted by molar-refractivity contribution is 7.20. The SMILES string of the molecule is CCCCn1c(-c2cc(OC)c(O)c(OC)c2)nc2sc3c(c2c1=O)CCC(F)C3=O. The third kappa shape index (κ3) is 3.46. The number of methoxy groups -OCH3 is 2. The number of phenolic OH excluding ortho intramolecular Hbond substituents is 1. The van der Waals surface area contributed by atoms with E-state index < -0.39 is 12.0 Å². The summed E-state index contributed by atoms with van der Waals surface area (Å²) in [5.41, 5.74) is 0.888. The van der Waals surface area contributed by atoms with Crippen LogP contribution in [0.15, 0.2) is 16.9 Å². The third-order valence-corrected chi connectivity index (χ3v) is 6.68. The fraction of sp³-hybridized carbons (Fsp3) is 0.409. The summed E-state index contributed by atoms with van der Waals surface area (Å²) >= 11 is 1.06. The fourth-order valence-corrected chi connectivity index (χ4v) is 5.08. The summed E-state index contributed by atoms with van der Waals surface area (Å²) in [6, 6.07) is 3.17. The molecule has 3 aromatic rings. The molecule has 0 spiro atoms. The van der Waals surface area contributed by atoms with Crippen LogP contribution in [-0.2, 0) is 13.0 Å². The molecule has 9 heteroatoms. The number of alkyl halides is 1. The molecule has 1 unspecified atom stereocenters. The molecule has 1 atom stereocenters. The number of aryl methyl sites for hydroxylation is 1. The molecule has 1 aliphatic carbocycles. The van der Waals surface area contributed by atoms with E-state index in [1.807, 2.05) is 6.92 Å². The van der Waals surface area contributed by atoms with Crippen LogP contribution >= 0.6 is 11.3 Å². The molecule has 0 amide bonds. The number of carbonyl (C=O) groups excluding carboxylic acids is 1. The van der Waals surface area contributed by atoms with Gasteiger partial charge in [0.1, 0.15) is 10.7 Å². The Morgan fingerprint density at radius 2 is 1.94 bits per heavy atom. The standard InChI is InChI=1S/C22H23FN2O5S/c1-4-5-8-25-20(11-9-14(29-2)18(27)15(10-11)30-3)24-21-16(22(25)28)12-6-7-13(23)17(26)19(12)31-21/h9-10,13,27H,4-8H2,1-3H3. The Morgan fingerprint density at radius 3 is 2.55 bits per heavy atom. The van der Waals surface area contributed by atoms with Crippen molar-refractivity contribution in [2.75, 3.05) is 14.2 Å². The molecule has 0 bridgehead atoms. The maximum atomic E-state index is 14.0. The number of benzene rings is 1. The van der Waals surface area contributed by atoms with Crippen LogP contribution in [0.4, 0.5) is 4.39 Å². The predicted molar refractivity (Wildman–Crippen MR) is 117 cm³/mol. The maximum absolute atomic E-state index is 14.0. The second-order valence-electron chi connectivity index (χ2n) is 7.44. The zero-order valence-corrected chi connectivity index (χ0v) is 18.3. The second-order valence-corrected chi connectivity index (χ2v) is 8.43. The first-order chi connectivity index (χ1) is 14.9. The molecule has 2 aromatic heterocycles. The summed E-state index contributed by atoms with van der Waals surface area (Å²) in [6.45, 7) is 2.46. The molecule has 31 heavy (non-hydrogen) atoms. The number of aromatic nitrogens is 2. The minimum absolute atomic E-state index is 0.0835. The number of carbonyl (C=O) groups is 1. The van der Waals surface area contributed by atoms with E-state index in [9.17, 15) is 19.1 Å². The Bertz CT molecular complexity index is 1210. The Balaban J connectivity index is 2.02. The number of Topliss-reactive ketones (excluding diaryl/α,β-unsaturated/α-hetero) is 1. The van der Waals surface area contributed by atoms with E-state index in [0.717, 1.165) is 24.2 Å². The van der Waals surface area contributed by atoms with Gasteiger partial charge in [-0.05, 0) is 37.0 Å². The summed E-state index contributed by atoms with van der Waals surface area (Å²) in [5.74, 6) is 0.0328. The lowest BCUT2D eigenvalue weighted by Gasteiger charge is -2.16. The van der Waals surface area contributed by atoms with Gasteiger partial charge in [0.2, 0.25) is 11.5 Å². The Labute approximate surface area is 182 Å². The van der Waals surface area contributed by atoms with Crippen molar-refractivity contribution in [1.82, 2.24) is 9.55 Å². The van der Waals surface area contributed by atoms with E-state index in [0.29, 0.717) is 45.0 Å². The van der Waals surface area contributed by atoms with Crippen molar-refractivity contribution in [3.63, 3.8) is 0 Å². The lowest BCUT2D eigenvalue weighted by molar-refractivity contribution is 0.0861. The predicted octanol–water partition coefficient (Wildman–Crippen LogP) is 4.11. The number of hydrogen-bond donors (Lipinski definition) is 1. The molecular weight excluding hydrogens is 423 g/mol. The normalized spacial score (nSPS) is 15.9. The van der Waals surface area contributed by atoms with Gasteiger partial charge in [-0.15, -0.1) is 11.3 Å². The van der Waals surface area contributed by atoms with Gasteiger partial charge >= 0.3 is 0 Å². The summed E-state index contributed by atoms with van der Waals surface area (Å²) < 4.78 is 26.1. The van der Waals surface area contributed by atoms with E-state index >= 15 is 0 Å². The number of phenols is 1. The van der Waals surface area contributed by atoms with Gasteiger partial charge in [0, 0.05) is 12.1 Å². The lowest BCUT2D eigenvalue weighted by atomic mass is 9.95. The highest BCUT2D eigenvalue weighted by atomic mass is 32.1. The second kappa shape index (κ2) is 8.30. The van der Waals surface area contributed by atoms with E-state index in [2.05, 4.69) is 0 Å². The van der Waals surface area contributed by atoms with Crippen LogP contribution in [0.25, 0.3) is 21.6 Å². The summed E-state index contributed by atoms with van der Waals surface area (Å²) in [5, 5.41) is 10.7. The van der Waals surface area contributed by atoms with Crippen molar-refractivity contribution >= 4 is 27.3 Å². The minimum Gasteiger partial charge on any atom is -0.502 e. The number of rotatable bonds is 6. The van der Waals surface area contributed by atoms with Gasteiger partial charge < -0.3 is 14.6 Å². The molecule has 2 heterocycles. The lowest BCUT2D eigenvalue weighted by Crippen LogP contribution is -2.26. The topological polar surface area (TPSA) is 90.7 Å². The van der Waals surface area contributed by atoms with Crippen molar-refractivity contribution in [2.45, 2.75) is 45.3 Å². The third-order valence-electron chi connectivity index (χ3n) is 5.54. The van der Waals surface area contributed by atoms with Crippen molar-refractivity contribution < 1.29 is 23.8 Å². The number of thiophene rings is 1. The van der Waals surface area contributed by atoms with Crippen LogP contribution in [0.3, 0.4) is 0 Å². The van der Waals surface area contributed by atoms with Gasteiger partial charge in [0.05, 0.1) is 24.5 Å². The van der Waals surface area contributed by atoms with Crippen molar-refractivity contribution in [3.8, 4) is 28.6 Å². The molecule has 1 aromatic carbocycles. The molecule has 0 aliphatic heterocycles. The minimum atomic E-state index is -1.53. The first kappa shape index (κ1) is 21.3. The average Bonchev–Trinajstić information content (AvgIpc) is 3.15. The molecule has 0 saturated carbocycles. The van der Waals surface area contributed by atoms with Crippen LogP contribution < -0.4 is 15.0 Å². The zero-order valence-electron chi connectivity index (χ0n) is 17.5. The first-order valence-electron chi connectivity index (χ1n) is 10.1. The van der Waals surface area contributed by atoms with Crippen LogP contribution in [0.2, 0.25) is 0 Å². The number of fused-ring (bicyclic) bond motifs is 3. The monoisotopic (exact) mass is 446 g/mol. The summed E-state index contributed by atoms with van der Waals surface area (Å²) in [7, 11) is 2.84. The summed E-state index contributed by atoms with van der Waals surface area (Å²) in [4.78, 5) is 31.3. The summed E-state index contributed by atoms with van der Waals surface area (Å²) in [6.07, 6.45) is 0.515. The van der Waals surface area contributed by atoms with Crippen molar-refractivity contribution in [1.29, 1.82) is 0 Å². The number of halogens is 1. The van der Waals surface area contributed by atoms with Gasteiger partial charge in [-0.1, -0.05) is 13.3 Å². The zero-order chi connectivity index (χ0) is 22.3. The number of hydrogen-bond acceptors (Lipinski definition) is 7. The Hall–Kier alpha value is -2.94. The molecular formula is C22H23FN2O5S. The Kier molecular flexibility index (Phi) is 5.70. The quantitative estimate of drug-likeness (QED) is 0.613. The van der Waals surface area contributed by atoms with E-state index in [1.165, 1.54) is 14.2 Å². The molecule has 1 N–H and O–H groups in total. The smallest absolute Gasteiger partial charge is 0.262 e. The Morgan fingerprint density at radius 1 is 1.26 bits per heavy atom. The number of ether oxygens (including phenoxy) is 2. The van der Waals surface area contributed by atoms with Crippen LogP contribution in [-0.4, -0.2) is 40.8 Å². The maximum Gasteiger partial charge on any atom is 0.262 e. The van der Waals surface area contributed by atoms with Gasteiger partial charge in [-0.2, -0.15) is 0 Å². The number of nitrogens with zero attached hydrogens (tertiary/aromatic N) is 2. The first-order valence-corrected chi connectivity index (χ1v) is 10.9. The molecule has 7 nitrogen and oxygen atoms in total. The van der Waals surface area contributed by atoms with Crippen LogP contribution in [0.1, 0.15) is 41.4 Å². The number of unbranched alkanes of at least 4 members (excludes halogenated alkanes) is 1. The molecule has 4 rings (SSSR count). The molecule has 1 aliphatic rings. The average molecular weight is 447 g/mol. The van der Waals surface area contributed by atoms with Crippen molar-refractivity contribution in [2.24, 2.45) is 0 Å². The molecule has 0 radical (unpaired) electrons. The van der Waals surface area contributed by atoms with Crippen LogP contribution in [0, 0.1) is 0 Å². The fourth-order valence-electron chi connectivity index (χ4n) is 3.89. The number of ketones is 1. The largest absolute Gasteiger partial charge is 0.502 e. The van der Waals surface area contributed by atoms with E-state index in [1.54, 1.807) is 16.7 Å². The molecule has 0 saturated heterocycles. The van der Waals surface area contributed by atoms with E-state index in [4.69, 9.17) is 14.5 Å². The van der Waals surface area contributed by atoms with Gasteiger partial charge in [-0.25, -0.2) is 9.37 Å². The van der Waals surface area contributed by atoms with Gasteiger partial charge in [-0.3, -0.25) is 14.2 Å². The highest BCUT2D eigenvalue weighted by Crippen LogP contribution is 2.41.